The van der Waals surface area contributed by atoms with Crippen molar-refractivity contribution in [2.75, 3.05) is 6.61 Å². The summed E-state index contributed by atoms with van der Waals surface area (Å²) in [7, 11) is 0. The van der Waals surface area contributed by atoms with Crippen molar-refractivity contribution in [2.24, 2.45) is 5.10 Å². The van der Waals surface area contributed by atoms with Crippen LogP contribution in [0.15, 0.2) is 53.6 Å². The monoisotopic (exact) mass is 327 g/mol. The number of amides is 1. The molecule has 7 nitrogen and oxygen atoms in total. The number of benzene rings is 2. The molecule has 0 saturated carbocycles. The zero-order valence-corrected chi connectivity index (χ0v) is 13.1. The Balaban J connectivity index is 1.85. The number of carbonyl (C=O) groups is 1. The quantitative estimate of drug-likeness (QED) is 0.480. The molecule has 0 unspecified atom stereocenters. The molecule has 124 valence electrons. The van der Waals surface area contributed by atoms with E-state index in [1.165, 1.54) is 17.8 Å². The van der Waals surface area contributed by atoms with Crippen molar-refractivity contribution in [3.8, 4) is 5.75 Å². The van der Waals surface area contributed by atoms with E-state index in [-0.39, 0.29) is 12.3 Å². The van der Waals surface area contributed by atoms with E-state index >= 15 is 0 Å². The van der Waals surface area contributed by atoms with Crippen LogP contribution in [0, 0.1) is 10.1 Å². The highest BCUT2D eigenvalue weighted by Crippen LogP contribution is 2.15. The fourth-order valence-electron chi connectivity index (χ4n) is 1.94. The van der Waals surface area contributed by atoms with Gasteiger partial charge in [-0.3, -0.25) is 14.9 Å². The van der Waals surface area contributed by atoms with Gasteiger partial charge in [-0.05, 0) is 30.2 Å². The molecule has 0 saturated heterocycles. The molecule has 2 aromatic rings. The Morgan fingerprint density at radius 3 is 2.62 bits per heavy atom. The average molecular weight is 327 g/mol. The van der Waals surface area contributed by atoms with Gasteiger partial charge in [-0.1, -0.05) is 31.2 Å². The molecule has 1 amide bonds. The highest BCUT2D eigenvalue weighted by molar-refractivity contribution is 5.86. The van der Waals surface area contributed by atoms with E-state index < -0.39 is 10.8 Å². The molecule has 2 aromatic carbocycles. The summed E-state index contributed by atoms with van der Waals surface area (Å²) >= 11 is 0. The number of carbonyl (C=O) groups excluding carboxylic acids is 1. The van der Waals surface area contributed by atoms with Crippen molar-refractivity contribution in [3.05, 3.63) is 69.8 Å². The first-order valence-corrected chi connectivity index (χ1v) is 7.37. The fourth-order valence-corrected chi connectivity index (χ4v) is 1.94. The first-order valence-electron chi connectivity index (χ1n) is 7.37. The van der Waals surface area contributed by atoms with Crippen molar-refractivity contribution in [1.29, 1.82) is 0 Å². The van der Waals surface area contributed by atoms with Gasteiger partial charge in [0.05, 0.1) is 16.7 Å². The summed E-state index contributed by atoms with van der Waals surface area (Å²) in [6.45, 7) is 1.86. The molecule has 0 fully saturated rings. The lowest BCUT2D eigenvalue weighted by molar-refractivity contribution is -0.385. The molecule has 0 bridgehead atoms. The van der Waals surface area contributed by atoms with Crippen molar-refractivity contribution in [1.82, 2.24) is 5.43 Å². The third kappa shape index (κ3) is 4.91. The molecule has 0 aliphatic rings. The van der Waals surface area contributed by atoms with Gasteiger partial charge in [0.1, 0.15) is 5.75 Å². The van der Waals surface area contributed by atoms with E-state index in [0.29, 0.717) is 11.3 Å². The van der Waals surface area contributed by atoms with Gasteiger partial charge in [0, 0.05) is 6.07 Å². The van der Waals surface area contributed by atoms with Crippen LogP contribution in [0.5, 0.6) is 5.75 Å². The second kappa shape index (κ2) is 8.42. The van der Waals surface area contributed by atoms with E-state index in [0.717, 1.165) is 6.42 Å². The summed E-state index contributed by atoms with van der Waals surface area (Å²) in [4.78, 5) is 22.0. The number of hydrogen-bond acceptors (Lipinski definition) is 5. The Morgan fingerprint density at radius 1 is 1.25 bits per heavy atom. The van der Waals surface area contributed by atoms with Gasteiger partial charge in [-0.2, -0.15) is 5.10 Å². The summed E-state index contributed by atoms with van der Waals surface area (Å²) in [6.07, 6.45) is 2.16. The molecule has 7 heteroatoms. The minimum atomic E-state index is -0.508. The molecule has 0 spiro atoms. The number of para-hydroxylation sites is 1. The van der Waals surface area contributed by atoms with Crippen molar-refractivity contribution >= 4 is 17.8 Å². The maximum Gasteiger partial charge on any atom is 0.278 e. The third-order valence-corrected chi connectivity index (χ3v) is 3.23. The lowest BCUT2D eigenvalue weighted by atomic mass is 10.2. The van der Waals surface area contributed by atoms with Gasteiger partial charge >= 0.3 is 0 Å². The Kier molecular flexibility index (Phi) is 6.01. The zero-order chi connectivity index (χ0) is 17.4. The van der Waals surface area contributed by atoms with Crippen LogP contribution in [-0.2, 0) is 11.2 Å². The van der Waals surface area contributed by atoms with E-state index in [2.05, 4.69) is 17.5 Å². The molecule has 0 aliphatic carbocycles. The van der Waals surface area contributed by atoms with Crippen LogP contribution in [0.3, 0.4) is 0 Å². The van der Waals surface area contributed by atoms with Crippen LogP contribution in [0.25, 0.3) is 0 Å². The first kappa shape index (κ1) is 17.1. The highest BCUT2D eigenvalue weighted by atomic mass is 16.6. The van der Waals surface area contributed by atoms with E-state index in [1.807, 2.05) is 12.1 Å². The molecule has 0 atom stereocenters. The minimum Gasteiger partial charge on any atom is -0.484 e. The molecule has 24 heavy (non-hydrogen) atoms. The summed E-state index contributed by atoms with van der Waals surface area (Å²) in [5, 5.41) is 14.6. The van der Waals surface area contributed by atoms with Gasteiger partial charge in [0.15, 0.2) is 6.61 Å². The normalized spacial score (nSPS) is 10.5. The fraction of sp³-hybridized carbons (Fsp3) is 0.176. The molecule has 0 heterocycles. The number of hydrogen-bond donors (Lipinski definition) is 1. The molecular weight excluding hydrogens is 310 g/mol. The number of nitrogens with zero attached hydrogens (tertiary/aromatic N) is 2. The number of ether oxygens (including phenoxy) is 1. The lowest BCUT2D eigenvalue weighted by Crippen LogP contribution is -2.24. The number of nitro benzene ring substituents is 1. The number of aryl methyl sites for hydroxylation is 1. The number of rotatable bonds is 7. The number of hydrazone groups is 1. The first-order chi connectivity index (χ1) is 11.6. The van der Waals surface area contributed by atoms with Gasteiger partial charge in [0.2, 0.25) is 0 Å². The minimum absolute atomic E-state index is 0.0808. The maximum atomic E-state index is 11.7. The van der Waals surface area contributed by atoms with E-state index in [9.17, 15) is 14.9 Å². The van der Waals surface area contributed by atoms with Crippen LogP contribution in [0.2, 0.25) is 0 Å². The molecule has 0 aliphatic heterocycles. The van der Waals surface area contributed by atoms with Crippen LogP contribution in [-0.4, -0.2) is 23.7 Å². The second-order valence-electron chi connectivity index (χ2n) is 4.90. The molecule has 0 aromatic heterocycles. The van der Waals surface area contributed by atoms with Gasteiger partial charge in [0.25, 0.3) is 11.6 Å². The van der Waals surface area contributed by atoms with Crippen molar-refractivity contribution < 1.29 is 14.5 Å². The average Bonchev–Trinajstić information content (AvgIpc) is 2.60. The van der Waals surface area contributed by atoms with Crippen molar-refractivity contribution in [3.63, 3.8) is 0 Å². The van der Waals surface area contributed by atoms with E-state index in [4.69, 9.17) is 4.74 Å². The summed E-state index contributed by atoms with van der Waals surface area (Å²) < 4.78 is 5.34. The second-order valence-corrected chi connectivity index (χ2v) is 4.90. The molecule has 2 rings (SSSR count). The van der Waals surface area contributed by atoms with Gasteiger partial charge < -0.3 is 4.74 Å². The van der Waals surface area contributed by atoms with Crippen LogP contribution >= 0.6 is 0 Å². The van der Waals surface area contributed by atoms with Gasteiger partial charge in [-0.25, -0.2) is 5.43 Å². The summed E-state index contributed by atoms with van der Waals surface area (Å²) in [5.74, 6) is 0.134. The third-order valence-electron chi connectivity index (χ3n) is 3.23. The summed E-state index contributed by atoms with van der Waals surface area (Å²) in [5.41, 5.74) is 3.68. The smallest absolute Gasteiger partial charge is 0.278 e. The lowest BCUT2D eigenvalue weighted by Gasteiger charge is -2.05. The Morgan fingerprint density at radius 2 is 1.96 bits per heavy atom. The van der Waals surface area contributed by atoms with Gasteiger partial charge in [-0.15, -0.1) is 0 Å². The van der Waals surface area contributed by atoms with Crippen LogP contribution in [0.1, 0.15) is 18.1 Å². The standard InChI is InChI=1S/C17H17N3O4/c1-2-13-7-9-15(10-8-13)24-12-17(21)19-18-11-14-5-3-4-6-16(14)20(22)23/h3-11H,2,12H2,1H3,(H,19,21)/b18-11-. The number of nitro groups is 1. The largest absolute Gasteiger partial charge is 0.484 e. The van der Waals surface area contributed by atoms with Crippen LogP contribution < -0.4 is 10.2 Å². The molecule has 0 radical (unpaired) electrons. The number of nitrogens with one attached hydrogen (secondary N) is 1. The predicted molar refractivity (Wildman–Crippen MR) is 90.1 cm³/mol. The van der Waals surface area contributed by atoms with Crippen molar-refractivity contribution in [2.45, 2.75) is 13.3 Å². The predicted octanol–water partition coefficient (Wildman–Crippen LogP) is 2.69. The Hall–Kier alpha value is -3.22. The molecular formula is C17H17N3O4. The SMILES string of the molecule is CCc1ccc(OCC(=O)N/N=C\c2ccccc2[N+](=O)[O-])cc1. The highest BCUT2D eigenvalue weighted by Gasteiger charge is 2.10. The van der Waals surface area contributed by atoms with E-state index in [1.54, 1.807) is 30.3 Å². The summed E-state index contributed by atoms with van der Waals surface area (Å²) in [6, 6.07) is 13.6. The Labute approximate surface area is 139 Å². The Bertz CT molecular complexity index is 742. The maximum absolute atomic E-state index is 11.7. The molecule has 1 N–H and O–H groups in total. The van der Waals surface area contributed by atoms with Crippen LogP contribution in [0.4, 0.5) is 5.69 Å². The topological polar surface area (TPSA) is 93.8 Å². The zero-order valence-electron chi connectivity index (χ0n) is 13.1.